The lowest BCUT2D eigenvalue weighted by Gasteiger charge is -2.65. The SMILES string of the molecule is CC1CCC2C(C)(CO)C(O)CC[C@]2(C)C12CCC(CO)(CC(=O)[O-])O2. The summed E-state index contributed by atoms with van der Waals surface area (Å²) in [5, 5.41) is 41.9. The fourth-order valence-electron chi connectivity index (χ4n) is 6.69. The number of hydrogen-bond acceptors (Lipinski definition) is 6. The van der Waals surface area contributed by atoms with Crippen LogP contribution in [0, 0.1) is 22.7 Å². The Morgan fingerprint density at radius 3 is 2.38 bits per heavy atom. The van der Waals surface area contributed by atoms with Gasteiger partial charge in [-0.3, -0.25) is 0 Å². The first-order valence-electron chi connectivity index (χ1n) is 9.89. The molecule has 3 aliphatic rings. The molecule has 3 fully saturated rings. The van der Waals surface area contributed by atoms with E-state index in [0.717, 1.165) is 19.3 Å². The number of fused-ring (bicyclic) bond motifs is 2. The summed E-state index contributed by atoms with van der Waals surface area (Å²) in [5.74, 6) is -0.907. The summed E-state index contributed by atoms with van der Waals surface area (Å²) in [6, 6.07) is 0. The van der Waals surface area contributed by atoms with Crippen LogP contribution in [0.15, 0.2) is 0 Å². The van der Waals surface area contributed by atoms with Crippen molar-refractivity contribution >= 4 is 5.97 Å². The molecule has 6 nitrogen and oxygen atoms in total. The Morgan fingerprint density at radius 2 is 1.81 bits per heavy atom. The predicted octanol–water partition coefficient (Wildman–Crippen LogP) is 0.612. The maximum atomic E-state index is 11.3. The molecule has 2 aliphatic carbocycles. The molecule has 6 heteroatoms. The van der Waals surface area contributed by atoms with Crippen molar-refractivity contribution in [2.75, 3.05) is 13.2 Å². The number of rotatable bonds is 4. The van der Waals surface area contributed by atoms with Gasteiger partial charge in [0.05, 0.1) is 30.5 Å². The molecule has 0 amide bonds. The van der Waals surface area contributed by atoms with Gasteiger partial charge in [0, 0.05) is 23.2 Å². The third-order valence-corrected chi connectivity index (χ3v) is 8.36. The Hall–Kier alpha value is -0.690. The van der Waals surface area contributed by atoms with Gasteiger partial charge < -0.3 is 30.0 Å². The van der Waals surface area contributed by atoms with Crippen molar-refractivity contribution < 1.29 is 30.0 Å². The zero-order valence-corrected chi connectivity index (χ0v) is 16.2. The Morgan fingerprint density at radius 1 is 1.12 bits per heavy atom. The van der Waals surface area contributed by atoms with E-state index in [1.165, 1.54) is 0 Å². The van der Waals surface area contributed by atoms with Crippen LogP contribution in [0.4, 0.5) is 0 Å². The number of carbonyl (C=O) groups excluding carboxylic acids is 1. The fourth-order valence-corrected chi connectivity index (χ4v) is 6.69. The molecule has 2 saturated carbocycles. The molecule has 150 valence electrons. The summed E-state index contributed by atoms with van der Waals surface area (Å²) in [5.41, 5.74) is -2.53. The number of carbonyl (C=O) groups is 1. The van der Waals surface area contributed by atoms with Gasteiger partial charge >= 0.3 is 0 Å². The minimum atomic E-state index is -1.21. The van der Waals surface area contributed by atoms with Crippen molar-refractivity contribution in [1.82, 2.24) is 0 Å². The van der Waals surface area contributed by atoms with Gasteiger partial charge in [-0.15, -0.1) is 0 Å². The van der Waals surface area contributed by atoms with Gasteiger partial charge in [-0.1, -0.05) is 20.8 Å². The average molecular weight is 369 g/mol. The monoisotopic (exact) mass is 369 g/mol. The van der Waals surface area contributed by atoms with Crippen LogP contribution in [-0.4, -0.2) is 51.8 Å². The maximum Gasteiger partial charge on any atom is 0.0972 e. The highest BCUT2D eigenvalue weighted by Crippen LogP contribution is 2.67. The molecular formula is C20H33O6-. The van der Waals surface area contributed by atoms with Gasteiger partial charge in [0.25, 0.3) is 0 Å². The highest BCUT2D eigenvalue weighted by atomic mass is 16.5. The largest absolute Gasteiger partial charge is 0.550 e. The van der Waals surface area contributed by atoms with Crippen molar-refractivity contribution in [1.29, 1.82) is 0 Å². The standard InChI is InChI=1S/C20H34O6/c1-13-4-5-14-17(2,11-21)15(23)6-7-18(14,3)20(13)9-8-19(12-22,26-20)10-16(24)25/h13-15,21-23H,4-12H2,1-3H3,(H,24,25)/p-1/t13?,14?,15?,17?,18-,19?,20?/m0/s1. The smallest absolute Gasteiger partial charge is 0.0972 e. The highest BCUT2D eigenvalue weighted by molar-refractivity contribution is 5.66. The summed E-state index contributed by atoms with van der Waals surface area (Å²) in [7, 11) is 0. The molecular weight excluding hydrogens is 336 g/mol. The van der Waals surface area contributed by atoms with Crippen LogP contribution in [0.2, 0.25) is 0 Å². The number of carboxylic acids is 1. The second kappa shape index (κ2) is 6.43. The van der Waals surface area contributed by atoms with Crippen molar-refractivity contribution in [3.63, 3.8) is 0 Å². The maximum absolute atomic E-state index is 11.3. The molecule has 0 bridgehead atoms. The molecule has 0 aromatic rings. The second-order valence-electron chi connectivity index (χ2n) is 9.55. The molecule has 1 saturated heterocycles. The molecule has 6 unspecified atom stereocenters. The fraction of sp³-hybridized carbons (Fsp3) is 0.950. The molecule has 3 N–H and O–H groups in total. The third-order valence-electron chi connectivity index (χ3n) is 8.36. The summed E-state index contributed by atoms with van der Waals surface area (Å²) in [6.07, 6.45) is 3.48. The van der Waals surface area contributed by atoms with E-state index in [4.69, 9.17) is 4.74 Å². The zero-order chi connectivity index (χ0) is 19.4. The van der Waals surface area contributed by atoms with Gasteiger partial charge in [-0.2, -0.15) is 0 Å². The van der Waals surface area contributed by atoms with E-state index in [1.54, 1.807) is 0 Å². The van der Waals surface area contributed by atoms with Crippen LogP contribution in [-0.2, 0) is 9.53 Å². The van der Waals surface area contributed by atoms with Gasteiger partial charge in [-0.05, 0) is 50.4 Å². The Balaban J connectivity index is 2.02. The van der Waals surface area contributed by atoms with Crippen LogP contribution >= 0.6 is 0 Å². The zero-order valence-electron chi connectivity index (χ0n) is 16.2. The van der Waals surface area contributed by atoms with Gasteiger partial charge in [0.1, 0.15) is 0 Å². The summed E-state index contributed by atoms with van der Waals surface area (Å²) >= 11 is 0. The van der Waals surface area contributed by atoms with Gasteiger partial charge in [0.2, 0.25) is 0 Å². The molecule has 1 spiro atoms. The average Bonchev–Trinajstić information content (AvgIpc) is 2.98. The normalized spacial score (nSPS) is 51.4. The molecule has 3 rings (SSSR count). The lowest BCUT2D eigenvalue weighted by Crippen LogP contribution is -2.66. The van der Waals surface area contributed by atoms with E-state index in [-0.39, 0.29) is 36.9 Å². The highest BCUT2D eigenvalue weighted by Gasteiger charge is 2.68. The van der Waals surface area contributed by atoms with Gasteiger partial charge in [0.15, 0.2) is 0 Å². The summed E-state index contributed by atoms with van der Waals surface area (Å²) < 4.78 is 6.56. The first-order valence-corrected chi connectivity index (χ1v) is 9.89. The van der Waals surface area contributed by atoms with Crippen molar-refractivity contribution in [3.05, 3.63) is 0 Å². The first kappa shape index (κ1) is 20.1. The molecule has 0 aromatic carbocycles. The van der Waals surface area contributed by atoms with Crippen LogP contribution in [0.3, 0.4) is 0 Å². The van der Waals surface area contributed by atoms with Crippen LogP contribution in [0.5, 0.6) is 0 Å². The Kier molecular flexibility index (Phi) is 4.96. The quantitative estimate of drug-likeness (QED) is 0.670. The van der Waals surface area contributed by atoms with Crippen LogP contribution in [0.25, 0.3) is 0 Å². The van der Waals surface area contributed by atoms with E-state index < -0.39 is 28.7 Å². The molecule has 7 atom stereocenters. The molecule has 1 aliphatic heterocycles. The number of carboxylic acid groups (broad SMARTS) is 1. The van der Waals surface area contributed by atoms with E-state index >= 15 is 0 Å². The van der Waals surface area contributed by atoms with Crippen molar-refractivity contribution in [3.8, 4) is 0 Å². The van der Waals surface area contributed by atoms with Crippen LogP contribution < -0.4 is 5.11 Å². The molecule has 26 heavy (non-hydrogen) atoms. The van der Waals surface area contributed by atoms with E-state index in [9.17, 15) is 25.2 Å². The van der Waals surface area contributed by atoms with E-state index in [1.807, 2.05) is 6.92 Å². The Labute approximate surface area is 155 Å². The first-order chi connectivity index (χ1) is 12.1. The third kappa shape index (κ3) is 2.56. The summed E-state index contributed by atoms with van der Waals surface area (Å²) in [4.78, 5) is 11.3. The number of hydrogen-bond donors (Lipinski definition) is 3. The lowest BCUT2D eigenvalue weighted by atomic mass is 9.43. The van der Waals surface area contributed by atoms with E-state index in [2.05, 4.69) is 13.8 Å². The molecule has 0 radical (unpaired) electrons. The number of ether oxygens (including phenoxy) is 1. The number of aliphatic hydroxyl groups excluding tert-OH is 3. The predicted molar refractivity (Wildman–Crippen MR) is 92.9 cm³/mol. The summed E-state index contributed by atoms with van der Waals surface area (Å²) in [6.45, 7) is 5.87. The van der Waals surface area contributed by atoms with E-state index in [0.29, 0.717) is 19.3 Å². The molecule has 0 aromatic heterocycles. The Bertz CT molecular complexity index is 567. The second-order valence-corrected chi connectivity index (χ2v) is 9.55. The minimum absolute atomic E-state index is 0.0803. The lowest BCUT2D eigenvalue weighted by molar-refractivity contribution is -0.315. The topological polar surface area (TPSA) is 110 Å². The van der Waals surface area contributed by atoms with Gasteiger partial charge in [-0.25, -0.2) is 0 Å². The number of aliphatic carboxylic acids is 1. The van der Waals surface area contributed by atoms with Crippen LogP contribution in [0.1, 0.15) is 65.7 Å². The number of aliphatic hydroxyl groups is 3. The molecule has 1 heterocycles. The van der Waals surface area contributed by atoms with Crippen molar-refractivity contribution in [2.45, 2.75) is 83.0 Å². The minimum Gasteiger partial charge on any atom is -0.550 e. The van der Waals surface area contributed by atoms with Crippen molar-refractivity contribution in [2.24, 2.45) is 22.7 Å².